The molecular formula is C18H21ClN2O. The Morgan fingerprint density at radius 2 is 2.05 bits per heavy atom. The lowest BCUT2D eigenvalue weighted by Crippen LogP contribution is -2.30. The van der Waals surface area contributed by atoms with Crippen molar-refractivity contribution in [1.29, 1.82) is 0 Å². The molecule has 0 aliphatic carbocycles. The van der Waals surface area contributed by atoms with E-state index in [1.807, 2.05) is 42.5 Å². The molecule has 2 aromatic rings. The van der Waals surface area contributed by atoms with Gasteiger partial charge < -0.3 is 5.11 Å². The summed E-state index contributed by atoms with van der Waals surface area (Å²) in [7, 11) is 0. The van der Waals surface area contributed by atoms with Crippen LogP contribution in [0, 0.1) is 0 Å². The monoisotopic (exact) mass is 316 g/mol. The Labute approximate surface area is 136 Å². The van der Waals surface area contributed by atoms with Crippen LogP contribution in [0.15, 0.2) is 48.7 Å². The second-order valence-electron chi connectivity index (χ2n) is 5.88. The van der Waals surface area contributed by atoms with E-state index in [-0.39, 0.29) is 0 Å². The van der Waals surface area contributed by atoms with Crippen molar-refractivity contribution in [2.45, 2.75) is 38.0 Å². The van der Waals surface area contributed by atoms with E-state index in [9.17, 15) is 5.11 Å². The van der Waals surface area contributed by atoms with Gasteiger partial charge in [-0.15, -0.1) is 0 Å². The van der Waals surface area contributed by atoms with Gasteiger partial charge in [0.1, 0.15) is 5.15 Å². The van der Waals surface area contributed by atoms with E-state index in [4.69, 9.17) is 11.6 Å². The van der Waals surface area contributed by atoms with Crippen molar-refractivity contribution in [3.63, 3.8) is 0 Å². The van der Waals surface area contributed by atoms with Crippen LogP contribution in [0.2, 0.25) is 5.15 Å². The molecule has 0 saturated carbocycles. The van der Waals surface area contributed by atoms with Gasteiger partial charge >= 0.3 is 0 Å². The minimum Gasteiger partial charge on any atom is -0.388 e. The Bertz CT molecular complexity index is 605. The van der Waals surface area contributed by atoms with Gasteiger partial charge in [-0.25, -0.2) is 4.98 Å². The lowest BCUT2D eigenvalue weighted by atomic mass is 10.0. The van der Waals surface area contributed by atoms with Crippen LogP contribution in [-0.4, -0.2) is 27.6 Å². The number of nitrogens with zero attached hydrogens (tertiary/aromatic N) is 2. The van der Waals surface area contributed by atoms with Crippen LogP contribution in [0.3, 0.4) is 0 Å². The Morgan fingerprint density at radius 1 is 1.23 bits per heavy atom. The quantitative estimate of drug-likeness (QED) is 0.852. The number of aliphatic hydroxyl groups is 1. The first kappa shape index (κ1) is 15.5. The molecule has 3 nitrogen and oxygen atoms in total. The summed E-state index contributed by atoms with van der Waals surface area (Å²) in [6, 6.07) is 14.2. The Hall–Kier alpha value is -1.42. The third-order valence-corrected chi connectivity index (χ3v) is 4.73. The summed E-state index contributed by atoms with van der Waals surface area (Å²) in [6.45, 7) is 1.86. The molecule has 1 saturated heterocycles. The van der Waals surface area contributed by atoms with Crippen LogP contribution in [0.4, 0.5) is 0 Å². The standard InChI is InChI=1S/C18H21ClN2O/c19-18-15(8-4-10-20-18)13-21-11-5-9-16(21)12-17(22)14-6-2-1-3-7-14/h1-4,6-8,10,16-17,22H,5,9,11-13H2. The number of likely N-dealkylation sites (tertiary alicyclic amines) is 1. The zero-order valence-electron chi connectivity index (χ0n) is 12.5. The van der Waals surface area contributed by atoms with E-state index in [0.29, 0.717) is 11.2 Å². The van der Waals surface area contributed by atoms with Gasteiger partial charge in [-0.05, 0) is 37.4 Å². The molecule has 116 valence electrons. The second kappa shape index (κ2) is 7.23. The third kappa shape index (κ3) is 3.67. The summed E-state index contributed by atoms with van der Waals surface area (Å²) in [6.07, 6.45) is 4.37. The summed E-state index contributed by atoms with van der Waals surface area (Å²) < 4.78 is 0. The van der Waals surface area contributed by atoms with E-state index in [0.717, 1.165) is 37.1 Å². The van der Waals surface area contributed by atoms with Crippen LogP contribution in [0.25, 0.3) is 0 Å². The molecule has 2 unspecified atom stereocenters. The average molecular weight is 317 g/mol. The van der Waals surface area contributed by atoms with Crippen LogP contribution >= 0.6 is 11.6 Å². The highest BCUT2D eigenvalue weighted by atomic mass is 35.5. The normalized spacial score (nSPS) is 20.2. The van der Waals surface area contributed by atoms with E-state index in [1.165, 1.54) is 6.42 Å². The Kier molecular flexibility index (Phi) is 5.08. The molecule has 0 bridgehead atoms. The molecule has 0 spiro atoms. The largest absolute Gasteiger partial charge is 0.388 e. The fourth-order valence-corrected chi connectivity index (χ4v) is 3.37. The van der Waals surface area contributed by atoms with Gasteiger partial charge in [0, 0.05) is 24.3 Å². The fraction of sp³-hybridized carbons (Fsp3) is 0.389. The number of hydrogen-bond donors (Lipinski definition) is 1. The first-order chi connectivity index (χ1) is 10.7. The molecule has 1 aromatic carbocycles. The number of aromatic nitrogens is 1. The minimum atomic E-state index is -0.406. The van der Waals surface area contributed by atoms with Crippen LogP contribution in [0.1, 0.15) is 36.5 Å². The van der Waals surface area contributed by atoms with Gasteiger partial charge in [0.15, 0.2) is 0 Å². The SMILES string of the molecule is OC(CC1CCCN1Cc1cccnc1Cl)c1ccccc1. The zero-order valence-corrected chi connectivity index (χ0v) is 13.3. The smallest absolute Gasteiger partial charge is 0.133 e. The summed E-state index contributed by atoms with van der Waals surface area (Å²) >= 11 is 6.16. The van der Waals surface area contributed by atoms with Crippen molar-refractivity contribution in [3.05, 3.63) is 64.9 Å². The van der Waals surface area contributed by atoms with Crippen molar-refractivity contribution < 1.29 is 5.11 Å². The molecule has 0 radical (unpaired) electrons. The first-order valence-electron chi connectivity index (χ1n) is 7.80. The van der Waals surface area contributed by atoms with Crippen molar-refractivity contribution in [2.24, 2.45) is 0 Å². The van der Waals surface area contributed by atoms with Crippen molar-refractivity contribution in [1.82, 2.24) is 9.88 Å². The fourth-order valence-electron chi connectivity index (χ4n) is 3.20. The molecule has 0 amide bonds. The molecule has 3 rings (SSSR count). The van der Waals surface area contributed by atoms with Crippen LogP contribution < -0.4 is 0 Å². The predicted octanol–water partition coefficient (Wildman–Crippen LogP) is 3.82. The van der Waals surface area contributed by atoms with Gasteiger partial charge in [0.05, 0.1) is 6.10 Å². The van der Waals surface area contributed by atoms with Crippen molar-refractivity contribution >= 4 is 11.6 Å². The van der Waals surface area contributed by atoms with Gasteiger partial charge in [0.2, 0.25) is 0 Å². The molecular weight excluding hydrogens is 296 g/mol. The van der Waals surface area contributed by atoms with Crippen molar-refractivity contribution in [2.75, 3.05) is 6.54 Å². The third-order valence-electron chi connectivity index (χ3n) is 4.39. The maximum atomic E-state index is 10.5. The van der Waals surface area contributed by atoms with Crippen LogP contribution in [0.5, 0.6) is 0 Å². The van der Waals surface area contributed by atoms with E-state index in [1.54, 1.807) is 6.20 Å². The predicted molar refractivity (Wildman–Crippen MR) is 88.7 cm³/mol. The first-order valence-corrected chi connectivity index (χ1v) is 8.18. The maximum Gasteiger partial charge on any atom is 0.133 e. The molecule has 22 heavy (non-hydrogen) atoms. The summed E-state index contributed by atoms with van der Waals surface area (Å²) in [5.74, 6) is 0. The van der Waals surface area contributed by atoms with Crippen LogP contribution in [-0.2, 0) is 6.54 Å². The van der Waals surface area contributed by atoms with E-state index >= 15 is 0 Å². The molecule has 2 atom stereocenters. The number of benzene rings is 1. The average Bonchev–Trinajstić information content (AvgIpc) is 2.97. The summed E-state index contributed by atoms with van der Waals surface area (Å²) in [4.78, 5) is 6.56. The minimum absolute atomic E-state index is 0.395. The number of aliphatic hydroxyl groups excluding tert-OH is 1. The topological polar surface area (TPSA) is 36.4 Å². The number of halogens is 1. The Balaban J connectivity index is 1.65. The van der Waals surface area contributed by atoms with Crippen molar-refractivity contribution in [3.8, 4) is 0 Å². The molecule has 2 heterocycles. The lowest BCUT2D eigenvalue weighted by molar-refractivity contribution is 0.118. The highest BCUT2D eigenvalue weighted by Gasteiger charge is 2.27. The molecule has 1 aromatic heterocycles. The molecule has 1 N–H and O–H groups in total. The van der Waals surface area contributed by atoms with Gasteiger partial charge in [-0.3, -0.25) is 4.90 Å². The maximum absolute atomic E-state index is 10.5. The molecule has 1 fully saturated rings. The number of rotatable bonds is 5. The summed E-state index contributed by atoms with van der Waals surface area (Å²) in [5.41, 5.74) is 2.05. The highest BCUT2D eigenvalue weighted by molar-refractivity contribution is 6.30. The summed E-state index contributed by atoms with van der Waals surface area (Å²) in [5, 5.41) is 11.0. The zero-order chi connectivity index (χ0) is 15.4. The lowest BCUT2D eigenvalue weighted by Gasteiger charge is -2.26. The molecule has 1 aliphatic heterocycles. The Morgan fingerprint density at radius 3 is 2.82 bits per heavy atom. The van der Waals surface area contributed by atoms with Gasteiger partial charge in [0.25, 0.3) is 0 Å². The van der Waals surface area contributed by atoms with Gasteiger partial charge in [-0.2, -0.15) is 0 Å². The molecule has 4 heteroatoms. The number of pyridine rings is 1. The second-order valence-corrected chi connectivity index (χ2v) is 6.24. The van der Waals surface area contributed by atoms with E-state index < -0.39 is 6.10 Å². The highest BCUT2D eigenvalue weighted by Crippen LogP contribution is 2.29. The number of hydrogen-bond acceptors (Lipinski definition) is 3. The molecule has 1 aliphatic rings. The van der Waals surface area contributed by atoms with E-state index in [2.05, 4.69) is 9.88 Å². The van der Waals surface area contributed by atoms with Gasteiger partial charge in [-0.1, -0.05) is 48.0 Å².